The maximum atomic E-state index is 12.2. The van der Waals surface area contributed by atoms with Crippen LogP contribution < -0.4 is 5.73 Å². The van der Waals surface area contributed by atoms with Gasteiger partial charge in [0.25, 0.3) is 0 Å². The summed E-state index contributed by atoms with van der Waals surface area (Å²) < 4.78 is 31.1. The maximum Gasteiger partial charge on any atom is 0.216 e. The smallest absolute Gasteiger partial charge is 0.216 e. The van der Waals surface area contributed by atoms with Gasteiger partial charge in [-0.25, -0.2) is 12.7 Å². The predicted octanol–water partition coefficient (Wildman–Crippen LogP) is 0.556. The molecule has 17 heavy (non-hydrogen) atoms. The molecule has 1 fully saturated rings. The van der Waals surface area contributed by atoms with E-state index in [2.05, 4.69) is 0 Å². The Bertz CT molecular complexity index is 300. The van der Waals surface area contributed by atoms with Gasteiger partial charge in [-0.1, -0.05) is 6.42 Å². The fourth-order valence-corrected chi connectivity index (χ4v) is 3.69. The first-order chi connectivity index (χ1) is 8.09. The van der Waals surface area contributed by atoms with Gasteiger partial charge in [0.1, 0.15) is 0 Å². The van der Waals surface area contributed by atoms with E-state index in [1.807, 2.05) is 0 Å². The van der Waals surface area contributed by atoms with Crippen LogP contribution in [0.15, 0.2) is 0 Å². The van der Waals surface area contributed by atoms with Crippen LogP contribution in [0.2, 0.25) is 0 Å². The third kappa shape index (κ3) is 4.54. The van der Waals surface area contributed by atoms with Crippen LogP contribution in [0.3, 0.4) is 0 Å². The van der Waals surface area contributed by atoms with Gasteiger partial charge < -0.3 is 10.5 Å². The van der Waals surface area contributed by atoms with E-state index >= 15 is 0 Å². The van der Waals surface area contributed by atoms with Gasteiger partial charge in [-0.2, -0.15) is 0 Å². The van der Waals surface area contributed by atoms with Gasteiger partial charge >= 0.3 is 0 Å². The largest absolute Gasteiger partial charge is 0.381 e. The molecule has 0 bridgehead atoms. The molecule has 1 aliphatic rings. The van der Waals surface area contributed by atoms with E-state index in [4.69, 9.17) is 10.5 Å². The van der Waals surface area contributed by atoms with E-state index in [-0.39, 0.29) is 5.25 Å². The number of ether oxygens (including phenoxy) is 1. The Morgan fingerprint density at radius 2 is 1.88 bits per heavy atom. The zero-order valence-corrected chi connectivity index (χ0v) is 11.4. The Hall–Kier alpha value is -0.170. The molecule has 2 N–H and O–H groups in total. The molecule has 0 atom stereocenters. The summed E-state index contributed by atoms with van der Waals surface area (Å²) in [5, 5.41) is -0.254. The standard InChI is InChI=1S/C11H24N2O3S/c1-13(8-4-2-3-7-12)17(14,15)11-5-9-16-10-6-11/h11H,2-10,12H2,1H3. The highest BCUT2D eigenvalue weighted by Gasteiger charge is 2.30. The highest BCUT2D eigenvalue weighted by Crippen LogP contribution is 2.19. The molecular formula is C11H24N2O3S. The average molecular weight is 264 g/mol. The molecule has 0 unspecified atom stereocenters. The Labute approximate surface area is 104 Å². The quantitative estimate of drug-likeness (QED) is 0.682. The first kappa shape index (κ1) is 14.9. The predicted molar refractivity (Wildman–Crippen MR) is 68.3 cm³/mol. The molecule has 1 saturated heterocycles. The maximum absolute atomic E-state index is 12.2. The Morgan fingerprint density at radius 1 is 1.24 bits per heavy atom. The molecule has 6 heteroatoms. The van der Waals surface area contributed by atoms with Crippen LogP contribution in [0.1, 0.15) is 32.1 Å². The summed E-state index contributed by atoms with van der Waals surface area (Å²) in [4.78, 5) is 0. The van der Waals surface area contributed by atoms with Gasteiger partial charge in [0.05, 0.1) is 5.25 Å². The summed E-state index contributed by atoms with van der Waals surface area (Å²) in [6, 6.07) is 0. The number of hydrogen-bond acceptors (Lipinski definition) is 4. The zero-order valence-electron chi connectivity index (χ0n) is 10.6. The van der Waals surface area contributed by atoms with Gasteiger partial charge in [0, 0.05) is 26.8 Å². The normalized spacial score (nSPS) is 18.8. The second-order valence-electron chi connectivity index (χ2n) is 4.53. The minimum Gasteiger partial charge on any atom is -0.381 e. The highest BCUT2D eigenvalue weighted by atomic mass is 32.2. The molecule has 0 aromatic carbocycles. The number of unbranched alkanes of at least 4 members (excludes halogenated alkanes) is 2. The molecule has 102 valence electrons. The number of nitrogens with two attached hydrogens (primary N) is 1. The van der Waals surface area contributed by atoms with E-state index in [1.54, 1.807) is 7.05 Å². The van der Waals surface area contributed by atoms with Crippen molar-refractivity contribution in [3.63, 3.8) is 0 Å². The van der Waals surface area contributed by atoms with Crippen LogP contribution in [-0.2, 0) is 14.8 Å². The average Bonchev–Trinajstić information content (AvgIpc) is 2.35. The van der Waals surface area contributed by atoms with E-state index < -0.39 is 10.0 Å². The van der Waals surface area contributed by atoms with Gasteiger partial charge in [0.2, 0.25) is 10.0 Å². The topological polar surface area (TPSA) is 72.6 Å². The minimum absolute atomic E-state index is 0.254. The summed E-state index contributed by atoms with van der Waals surface area (Å²) >= 11 is 0. The molecule has 0 aromatic rings. The van der Waals surface area contributed by atoms with Crippen LogP contribution >= 0.6 is 0 Å². The summed E-state index contributed by atoms with van der Waals surface area (Å²) in [6.07, 6.45) is 4.08. The molecule has 0 aromatic heterocycles. The molecule has 0 amide bonds. The second kappa shape index (κ2) is 7.31. The highest BCUT2D eigenvalue weighted by molar-refractivity contribution is 7.89. The molecule has 1 rings (SSSR count). The number of hydrogen-bond donors (Lipinski definition) is 1. The minimum atomic E-state index is -3.13. The van der Waals surface area contributed by atoms with Crippen molar-refractivity contribution >= 4 is 10.0 Å². The Balaban J connectivity index is 2.39. The molecule has 0 spiro atoms. The third-order valence-electron chi connectivity index (χ3n) is 3.20. The van der Waals surface area contributed by atoms with Crippen LogP contribution in [-0.4, -0.2) is 51.3 Å². The van der Waals surface area contributed by atoms with Crippen LogP contribution in [0.4, 0.5) is 0 Å². The lowest BCUT2D eigenvalue weighted by molar-refractivity contribution is 0.0974. The molecule has 1 aliphatic heterocycles. The second-order valence-corrected chi connectivity index (χ2v) is 6.85. The fourth-order valence-electron chi connectivity index (χ4n) is 2.01. The van der Waals surface area contributed by atoms with Crippen molar-refractivity contribution < 1.29 is 13.2 Å². The third-order valence-corrected chi connectivity index (χ3v) is 5.57. The Morgan fingerprint density at radius 3 is 2.47 bits per heavy atom. The van der Waals surface area contributed by atoms with Crippen LogP contribution in [0.25, 0.3) is 0 Å². The van der Waals surface area contributed by atoms with Gasteiger partial charge in [-0.15, -0.1) is 0 Å². The van der Waals surface area contributed by atoms with Crippen molar-refractivity contribution in [1.82, 2.24) is 4.31 Å². The first-order valence-electron chi connectivity index (χ1n) is 6.32. The van der Waals surface area contributed by atoms with Gasteiger partial charge in [-0.3, -0.25) is 0 Å². The Kier molecular flexibility index (Phi) is 6.40. The lowest BCUT2D eigenvalue weighted by Crippen LogP contribution is -2.39. The van der Waals surface area contributed by atoms with Gasteiger partial charge in [0.15, 0.2) is 0 Å². The molecule has 0 aliphatic carbocycles. The van der Waals surface area contributed by atoms with E-state index in [1.165, 1.54) is 4.31 Å². The van der Waals surface area contributed by atoms with Crippen molar-refractivity contribution in [3.05, 3.63) is 0 Å². The van der Waals surface area contributed by atoms with Gasteiger partial charge in [-0.05, 0) is 32.2 Å². The van der Waals surface area contributed by atoms with Crippen molar-refractivity contribution in [2.24, 2.45) is 5.73 Å². The number of nitrogens with zero attached hydrogens (tertiary/aromatic N) is 1. The summed E-state index contributed by atoms with van der Waals surface area (Å²) in [5.41, 5.74) is 5.40. The number of rotatable bonds is 7. The molecule has 0 radical (unpaired) electrons. The van der Waals surface area contributed by atoms with Crippen molar-refractivity contribution in [1.29, 1.82) is 0 Å². The van der Waals surface area contributed by atoms with Crippen molar-refractivity contribution in [2.75, 3.05) is 33.4 Å². The van der Waals surface area contributed by atoms with E-state index in [0.717, 1.165) is 19.3 Å². The summed E-state index contributed by atoms with van der Waals surface area (Å²) in [6.45, 7) is 2.39. The lowest BCUT2D eigenvalue weighted by atomic mass is 10.2. The molecule has 0 saturated carbocycles. The van der Waals surface area contributed by atoms with Crippen LogP contribution in [0, 0.1) is 0 Å². The fraction of sp³-hybridized carbons (Fsp3) is 1.00. The van der Waals surface area contributed by atoms with E-state index in [9.17, 15) is 8.42 Å². The SMILES string of the molecule is CN(CCCCCN)S(=O)(=O)C1CCOCC1. The van der Waals surface area contributed by atoms with Crippen molar-refractivity contribution in [3.8, 4) is 0 Å². The summed E-state index contributed by atoms with van der Waals surface area (Å²) in [5.74, 6) is 0. The lowest BCUT2D eigenvalue weighted by Gasteiger charge is -2.27. The molecule has 1 heterocycles. The van der Waals surface area contributed by atoms with Crippen LogP contribution in [0.5, 0.6) is 0 Å². The zero-order chi connectivity index (χ0) is 12.7. The summed E-state index contributed by atoms with van der Waals surface area (Å²) in [7, 11) is -1.45. The van der Waals surface area contributed by atoms with E-state index in [0.29, 0.717) is 39.1 Å². The molecule has 5 nitrogen and oxygen atoms in total. The first-order valence-corrected chi connectivity index (χ1v) is 7.82. The number of sulfonamides is 1. The molecular weight excluding hydrogens is 240 g/mol. The van der Waals surface area contributed by atoms with Crippen molar-refractivity contribution in [2.45, 2.75) is 37.4 Å². The monoisotopic (exact) mass is 264 g/mol.